The van der Waals surface area contributed by atoms with Crippen molar-refractivity contribution in [2.45, 2.75) is 44.2 Å². The summed E-state index contributed by atoms with van der Waals surface area (Å²) in [4.78, 5) is 14.2. The van der Waals surface area contributed by atoms with Crippen molar-refractivity contribution in [3.05, 3.63) is 11.8 Å². The van der Waals surface area contributed by atoms with Crippen LogP contribution in [0.3, 0.4) is 0 Å². The van der Waals surface area contributed by atoms with Gasteiger partial charge < -0.3 is 28.7 Å². The minimum absolute atomic E-state index is 0.357. The van der Waals surface area contributed by atoms with Crippen LogP contribution in [0.2, 0.25) is 0 Å². The van der Waals surface area contributed by atoms with Crippen molar-refractivity contribution in [3.63, 3.8) is 0 Å². The van der Waals surface area contributed by atoms with Crippen LogP contribution in [0.25, 0.3) is 0 Å². The smallest absolute Gasteiger partial charge is 0.227 e. The van der Waals surface area contributed by atoms with E-state index in [4.69, 9.17) is 28.9 Å². The van der Waals surface area contributed by atoms with Crippen LogP contribution >= 0.6 is 0 Å². The van der Waals surface area contributed by atoms with Gasteiger partial charge in [-0.3, -0.25) is 0 Å². The number of rotatable bonds is 2. The molecule has 0 aromatic carbocycles. The molecule has 4 aliphatic rings. The predicted octanol–water partition coefficient (Wildman–Crippen LogP) is 1.47. The number of hydrogen-bond acceptors (Lipinski definition) is 8. The maximum Gasteiger partial charge on any atom is 0.227 e. The van der Waals surface area contributed by atoms with E-state index in [1.807, 2.05) is 6.92 Å². The topological polar surface area (TPSA) is 69.2 Å². The Morgan fingerprint density at radius 1 is 0.741 bits per heavy atom. The summed E-state index contributed by atoms with van der Waals surface area (Å²) in [6.45, 7) is 8.35. The van der Waals surface area contributed by atoms with Gasteiger partial charge in [-0.05, 0) is 6.92 Å². The Balaban J connectivity index is 1.27. The van der Waals surface area contributed by atoms with Gasteiger partial charge in [-0.2, -0.15) is 4.98 Å². The molecule has 148 valence electrons. The van der Waals surface area contributed by atoms with Gasteiger partial charge in [-0.25, -0.2) is 4.98 Å². The lowest BCUT2D eigenvalue weighted by atomic mass is 10.0. The van der Waals surface area contributed by atoms with Crippen molar-refractivity contribution in [1.29, 1.82) is 0 Å². The summed E-state index contributed by atoms with van der Waals surface area (Å²) in [7, 11) is 0. The van der Waals surface area contributed by atoms with Crippen LogP contribution in [-0.2, 0) is 18.9 Å². The Morgan fingerprint density at radius 2 is 1.22 bits per heavy atom. The lowest BCUT2D eigenvalue weighted by Crippen LogP contribution is -2.46. The molecule has 5 rings (SSSR count). The molecule has 0 saturated carbocycles. The molecule has 27 heavy (non-hydrogen) atoms. The van der Waals surface area contributed by atoms with E-state index in [2.05, 4.69) is 15.9 Å². The number of anilines is 2. The molecule has 0 amide bonds. The molecule has 5 heterocycles. The average molecular weight is 376 g/mol. The highest BCUT2D eigenvalue weighted by molar-refractivity contribution is 5.46. The predicted molar refractivity (Wildman–Crippen MR) is 98.9 cm³/mol. The monoisotopic (exact) mass is 376 g/mol. The van der Waals surface area contributed by atoms with E-state index in [1.54, 1.807) is 0 Å². The lowest BCUT2D eigenvalue weighted by Gasteiger charge is -2.39. The number of piperidine rings is 2. The van der Waals surface area contributed by atoms with Crippen LogP contribution in [0.15, 0.2) is 6.07 Å². The second kappa shape index (κ2) is 6.84. The van der Waals surface area contributed by atoms with E-state index in [0.29, 0.717) is 26.4 Å². The van der Waals surface area contributed by atoms with Crippen molar-refractivity contribution >= 4 is 11.8 Å². The molecule has 4 saturated heterocycles. The van der Waals surface area contributed by atoms with Crippen LogP contribution in [0.1, 0.15) is 31.4 Å². The fraction of sp³-hybridized carbons (Fsp3) is 0.789. The Morgan fingerprint density at radius 3 is 1.74 bits per heavy atom. The average Bonchev–Trinajstić information content (AvgIpc) is 3.33. The van der Waals surface area contributed by atoms with E-state index in [1.165, 1.54) is 0 Å². The summed E-state index contributed by atoms with van der Waals surface area (Å²) >= 11 is 0. The largest absolute Gasteiger partial charge is 0.356 e. The molecule has 0 radical (unpaired) electrons. The molecule has 2 spiro atoms. The van der Waals surface area contributed by atoms with E-state index in [-0.39, 0.29) is 11.6 Å². The van der Waals surface area contributed by atoms with Gasteiger partial charge in [-0.15, -0.1) is 0 Å². The van der Waals surface area contributed by atoms with Crippen molar-refractivity contribution in [1.82, 2.24) is 9.97 Å². The van der Waals surface area contributed by atoms with Gasteiger partial charge in [0, 0.05) is 63.6 Å². The maximum atomic E-state index is 5.84. The maximum absolute atomic E-state index is 5.84. The van der Waals surface area contributed by atoms with Gasteiger partial charge >= 0.3 is 0 Å². The molecule has 1 aromatic rings. The van der Waals surface area contributed by atoms with Gasteiger partial charge in [0.15, 0.2) is 11.6 Å². The zero-order valence-corrected chi connectivity index (χ0v) is 16.0. The van der Waals surface area contributed by atoms with E-state index < -0.39 is 0 Å². The third-order valence-electron chi connectivity index (χ3n) is 6.11. The molecular weight excluding hydrogens is 348 g/mol. The van der Waals surface area contributed by atoms with Gasteiger partial charge in [0.1, 0.15) is 5.82 Å². The third kappa shape index (κ3) is 3.40. The normalized spacial score (nSPS) is 27.0. The lowest BCUT2D eigenvalue weighted by molar-refractivity contribution is -0.169. The summed E-state index contributed by atoms with van der Waals surface area (Å²) in [5.41, 5.74) is 0.998. The third-order valence-corrected chi connectivity index (χ3v) is 6.11. The summed E-state index contributed by atoms with van der Waals surface area (Å²) in [5, 5.41) is 0. The number of hydrogen-bond donors (Lipinski definition) is 0. The molecule has 4 fully saturated rings. The highest BCUT2D eigenvalue weighted by Crippen LogP contribution is 2.35. The molecule has 0 atom stereocenters. The van der Waals surface area contributed by atoms with Crippen LogP contribution in [-0.4, -0.2) is 74.1 Å². The fourth-order valence-corrected chi connectivity index (χ4v) is 4.54. The van der Waals surface area contributed by atoms with E-state index in [9.17, 15) is 0 Å². The SMILES string of the molecule is Cc1cc(N2CCC3(CC2)OCCO3)nc(N2CCC3(CC2)OCCO3)n1. The Kier molecular flexibility index (Phi) is 4.46. The second-order valence-corrected chi connectivity index (χ2v) is 7.86. The zero-order chi connectivity index (χ0) is 18.3. The minimum Gasteiger partial charge on any atom is -0.356 e. The summed E-state index contributed by atoms with van der Waals surface area (Å²) in [6, 6.07) is 2.08. The molecule has 8 nitrogen and oxygen atoms in total. The van der Waals surface area contributed by atoms with Crippen molar-refractivity contribution in [2.75, 3.05) is 62.4 Å². The van der Waals surface area contributed by atoms with Crippen LogP contribution in [0.4, 0.5) is 11.8 Å². The minimum atomic E-state index is -0.369. The van der Waals surface area contributed by atoms with Crippen LogP contribution in [0.5, 0.6) is 0 Å². The molecule has 4 aliphatic heterocycles. The zero-order valence-electron chi connectivity index (χ0n) is 16.0. The Hall–Kier alpha value is -1.48. The van der Waals surface area contributed by atoms with Gasteiger partial charge in [0.05, 0.1) is 26.4 Å². The molecule has 0 unspecified atom stereocenters. The highest BCUT2D eigenvalue weighted by atomic mass is 16.7. The highest BCUT2D eigenvalue weighted by Gasteiger charge is 2.41. The summed E-state index contributed by atoms with van der Waals surface area (Å²) in [5.74, 6) is 1.08. The fourth-order valence-electron chi connectivity index (χ4n) is 4.54. The molecule has 1 aromatic heterocycles. The molecule has 0 aliphatic carbocycles. The quantitative estimate of drug-likeness (QED) is 0.769. The van der Waals surface area contributed by atoms with E-state index in [0.717, 1.165) is 69.3 Å². The first-order chi connectivity index (χ1) is 13.2. The van der Waals surface area contributed by atoms with Crippen LogP contribution < -0.4 is 9.80 Å². The Bertz CT molecular complexity index is 614. The summed E-state index contributed by atoms with van der Waals surface area (Å²) < 4.78 is 23.3. The van der Waals surface area contributed by atoms with Gasteiger partial charge in [-0.1, -0.05) is 0 Å². The number of ether oxygens (including phenoxy) is 4. The number of nitrogens with zero attached hydrogens (tertiary/aromatic N) is 4. The molecule has 0 N–H and O–H groups in total. The molecule has 0 bridgehead atoms. The van der Waals surface area contributed by atoms with E-state index >= 15 is 0 Å². The van der Waals surface area contributed by atoms with Gasteiger partial charge in [0.25, 0.3) is 0 Å². The van der Waals surface area contributed by atoms with Crippen LogP contribution in [0, 0.1) is 6.92 Å². The second-order valence-electron chi connectivity index (χ2n) is 7.86. The van der Waals surface area contributed by atoms with Gasteiger partial charge in [0.2, 0.25) is 5.95 Å². The van der Waals surface area contributed by atoms with Crippen molar-refractivity contribution in [2.24, 2.45) is 0 Å². The first-order valence-corrected chi connectivity index (χ1v) is 10.1. The van der Waals surface area contributed by atoms with Crippen molar-refractivity contribution in [3.8, 4) is 0 Å². The first-order valence-electron chi connectivity index (χ1n) is 10.1. The standard InChI is InChI=1S/C19H28N4O4/c1-15-14-16(22-6-2-18(3-7-22)24-10-11-25-18)21-17(20-15)23-8-4-19(5-9-23)26-12-13-27-19/h14H,2-13H2,1H3. The summed E-state index contributed by atoms with van der Waals surface area (Å²) in [6.07, 6.45) is 3.49. The number of aryl methyl sites for hydroxylation is 1. The first kappa shape index (κ1) is 17.6. The molecule has 8 heteroatoms. The molecular formula is C19H28N4O4. The Labute approximate surface area is 159 Å². The number of aromatic nitrogens is 2. The van der Waals surface area contributed by atoms with Crippen molar-refractivity contribution < 1.29 is 18.9 Å².